The molecule has 7 aromatic carbocycles. The summed E-state index contributed by atoms with van der Waals surface area (Å²) in [6, 6.07) is 53.8. The second-order valence-corrected chi connectivity index (χ2v) is 13.7. The van der Waals surface area contributed by atoms with Crippen LogP contribution in [0.3, 0.4) is 0 Å². The van der Waals surface area contributed by atoms with Crippen LogP contribution in [0.2, 0.25) is 0 Å². The van der Waals surface area contributed by atoms with Gasteiger partial charge in [-0.3, -0.25) is 4.99 Å². The molecule has 9 rings (SSSR count). The number of aromatic hydroxyl groups is 1. The van der Waals surface area contributed by atoms with Gasteiger partial charge in [0.1, 0.15) is 16.9 Å². The van der Waals surface area contributed by atoms with Gasteiger partial charge < -0.3 is 14.1 Å². The summed E-state index contributed by atoms with van der Waals surface area (Å²) in [7, 11) is 0. The summed E-state index contributed by atoms with van der Waals surface area (Å²) >= 11 is 0. The highest BCUT2D eigenvalue weighted by Crippen LogP contribution is 2.42. The number of hydrogen-bond donors (Lipinski definition) is 1. The molecule has 9 aromatic rings. The third-order valence-corrected chi connectivity index (χ3v) is 10.3. The van der Waals surface area contributed by atoms with Gasteiger partial charge in [0.15, 0.2) is 0 Å². The lowest BCUT2D eigenvalue weighted by Gasteiger charge is -2.14. The van der Waals surface area contributed by atoms with Crippen molar-refractivity contribution < 1.29 is 9.52 Å². The highest BCUT2D eigenvalue weighted by molar-refractivity contribution is 6.14. The van der Waals surface area contributed by atoms with E-state index in [2.05, 4.69) is 126 Å². The van der Waals surface area contributed by atoms with E-state index < -0.39 is 0 Å². The lowest BCUT2D eigenvalue weighted by molar-refractivity contribution is 0.477. The third kappa shape index (κ3) is 6.14. The summed E-state index contributed by atoms with van der Waals surface area (Å²) in [6.07, 6.45) is 8.12. The Hall–Kier alpha value is -7.17. The van der Waals surface area contributed by atoms with Gasteiger partial charge in [0, 0.05) is 44.8 Å². The summed E-state index contributed by atoms with van der Waals surface area (Å²) < 4.78 is 8.67. The smallest absolute Gasteiger partial charge is 0.136 e. The first-order chi connectivity index (χ1) is 27.1. The van der Waals surface area contributed by atoms with Gasteiger partial charge in [-0.15, -0.1) is 0 Å². The molecule has 0 saturated heterocycles. The predicted octanol–water partition coefficient (Wildman–Crippen LogP) is 13.5. The van der Waals surface area contributed by atoms with Gasteiger partial charge in [0.05, 0.1) is 17.8 Å². The van der Waals surface area contributed by atoms with Crippen molar-refractivity contribution in [3.63, 3.8) is 0 Å². The Morgan fingerprint density at radius 1 is 0.673 bits per heavy atom. The van der Waals surface area contributed by atoms with Crippen molar-refractivity contribution in [2.75, 3.05) is 0 Å². The number of fused-ring (bicyclic) bond motifs is 4. The number of benzene rings is 7. The molecule has 0 aliphatic heterocycles. The van der Waals surface area contributed by atoms with Crippen LogP contribution in [0.25, 0.3) is 84.1 Å². The van der Waals surface area contributed by atoms with Gasteiger partial charge >= 0.3 is 0 Å². The number of hydrogen-bond acceptors (Lipinski definition) is 3. The number of furan rings is 1. The fraction of sp³-hybridized carbons (Fsp3) is 0.0392. The molecule has 0 aliphatic carbocycles. The second kappa shape index (κ2) is 14.3. The number of nitrogens with zero attached hydrogens (tertiary/aromatic N) is 2. The normalized spacial score (nSPS) is 11.8. The van der Waals surface area contributed by atoms with Crippen molar-refractivity contribution in [3.05, 3.63) is 193 Å². The van der Waals surface area contributed by atoms with Gasteiger partial charge in [-0.05, 0) is 94.9 Å². The Balaban J connectivity index is 1.07. The quantitative estimate of drug-likeness (QED) is 0.152. The summed E-state index contributed by atoms with van der Waals surface area (Å²) in [5.41, 5.74) is 14.1. The number of allylic oxidation sites excluding steroid dienone is 1. The van der Waals surface area contributed by atoms with Gasteiger partial charge in [-0.2, -0.15) is 0 Å². The first-order valence-electron chi connectivity index (χ1n) is 18.5. The zero-order valence-corrected chi connectivity index (χ0v) is 30.5. The van der Waals surface area contributed by atoms with E-state index in [0.717, 1.165) is 88.9 Å². The van der Waals surface area contributed by atoms with Crippen LogP contribution >= 0.6 is 0 Å². The summed E-state index contributed by atoms with van der Waals surface area (Å²) in [5.74, 6) is 0.237. The monoisotopic (exact) mass is 710 g/mol. The summed E-state index contributed by atoms with van der Waals surface area (Å²) in [6.45, 7) is 6.69. The molecular weight excluding hydrogens is 673 g/mol. The van der Waals surface area contributed by atoms with Crippen LogP contribution in [0, 0.1) is 0 Å². The average molecular weight is 711 g/mol. The van der Waals surface area contributed by atoms with Crippen LogP contribution in [0.1, 0.15) is 29.3 Å². The highest BCUT2D eigenvalue weighted by atomic mass is 16.3. The standard InChI is InChI=1S/C51H38N2O2/c1-3-14-45-41(4-2)43-22-8-9-24-46(43)53(45)40-21-10-15-34(29-40)32-52-33-39-20-12-26-49-51(39)44-31-37(27-28-48(44)55-49)42-23-13-25-47(54)50(42)38-19-11-18-36(30-38)35-16-6-5-7-17-35/h3-31,33,54H,2,32H2,1H3/b14-3-,52-33?. The van der Waals surface area contributed by atoms with E-state index in [1.807, 2.05) is 67.7 Å². The van der Waals surface area contributed by atoms with Crippen molar-refractivity contribution in [2.24, 2.45) is 4.99 Å². The van der Waals surface area contributed by atoms with Crippen molar-refractivity contribution in [2.45, 2.75) is 13.5 Å². The zero-order chi connectivity index (χ0) is 37.3. The molecule has 0 amide bonds. The Morgan fingerprint density at radius 3 is 2.33 bits per heavy atom. The molecule has 0 saturated carbocycles. The highest BCUT2D eigenvalue weighted by Gasteiger charge is 2.17. The molecule has 0 fully saturated rings. The maximum atomic E-state index is 11.3. The lowest BCUT2D eigenvalue weighted by atomic mass is 9.91. The van der Waals surface area contributed by atoms with Crippen molar-refractivity contribution >= 4 is 51.2 Å². The van der Waals surface area contributed by atoms with Crippen LogP contribution in [-0.2, 0) is 6.54 Å². The summed E-state index contributed by atoms with van der Waals surface area (Å²) in [4.78, 5) is 4.97. The molecule has 2 heterocycles. The van der Waals surface area contributed by atoms with Crippen LogP contribution in [-0.4, -0.2) is 15.9 Å². The molecule has 1 N–H and O–H groups in total. The fourth-order valence-electron chi connectivity index (χ4n) is 7.84. The number of para-hydroxylation sites is 1. The fourth-order valence-corrected chi connectivity index (χ4v) is 7.84. The first kappa shape index (κ1) is 33.7. The largest absolute Gasteiger partial charge is 0.507 e. The molecule has 4 nitrogen and oxygen atoms in total. The molecule has 0 aliphatic rings. The van der Waals surface area contributed by atoms with Gasteiger partial charge in [-0.25, -0.2) is 0 Å². The van der Waals surface area contributed by atoms with Crippen LogP contribution in [0.4, 0.5) is 0 Å². The Bertz CT molecular complexity index is 2940. The maximum Gasteiger partial charge on any atom is 0.136 e. The minimum Gasteiger partial charge on any atom is -0.507 e. The van der Waals surface area contributed by atoms with Gasteiger partial charge in [0.2, 0.25) is 0 Å². The maximum absolute atomic E-state index is 11.3. The minimum absolute atomic E-state index is 0.237. The van der Waals surface area contributed by atoms with E-state index in [-0.39, 0.29) is 5.75 Å². The number of rotatable bonds is 9. The Kier molecular flexibility index (Phi) is 8.77. The van der Waals surface area contributed by atoms with Gasteiger partial charge in [0.25, 0.3) is 0 Å². The third-order valence-electron chi connectivity index (χ3n) is 10.3. The van der Waals surface area contributed by atoms with Crippen molar-refractivity contribution in [1.29, 1.82) is 0 Å². The number of aromatic nitrogens is 1. The molecule has 0 bridgehead atoms. The molecule has 0 spiro atoms. The molecule has 4 heteroatoms. The van der Waals surface area contributed by atoms with E-state index >= 15 is 0 Å². The Morgan fingerprint density at radius 2 is 1.45 bits per heavy atom. The van der Waals surface area contributed by atoms with E-state index in [1.165, 1.54) is 5.39 Å². The number of phenols is 1. The molecule has 264 valence electrons. The number of phenolic OH excluding ortho intramolecular Hbond substituents is 1. The SMILES string of the molecule is C=Cc1c(/C=C\C)n(-c2cccc(CN=Cc3cccc4oc5ccc(-c6cccc(O)c6-c6cccc(-c7ccccc7)c6)cc5c34)c2)c2ccccc12. The molecular formula is C51H38N2O2. The summed E-state index contributed by atoms with van der Waals surface area (Å²) in [5, 5.41) is 14.5. The van der Waals surface area contributed by atoms with E-state index in [4.69, 9.17) is 9.41 Å². The van der Waals surface area contributed by atoms with Crippen molar-refractivity contribution in [1.82, 2.24) is 4.57 Å². The molecule has 0 unspecified atom stereocenters. The van der Waals surface area contributed by atoms with Crippen molar-refractivity contribution in [3.8, 4) is 44.8 Å². The van der Waals surface area contributed by atoms with E-state index in [0.29, 0.717) is 6.54 Å². The average Bonchev–Trinajstić information content (AvgIpc) is 3.76. The predicted molar refractivity (Wildman–Crippen MR) is 231 cm³/mol. The molecule has 0 radical (unpaired) electrons. The van der Waals surface area contributed by atoms with Crippen LogP contribution in [0.15, 0.2) is 180 Å². The lowest BCUT2D eigenvalue weighted by Crippen LogP contribution is -1.98. The van der Waals surface area contributed by atoms with E-state index in [1.54, 1.807) is 6.07 Å². The zero-order valence-electron chi connectivity index (χ0n) is 30.5. The topological polar surface area (TPSA) is 50.7 Å². The van der Waals surface area contributed by atoms with Crippen LogP contribution < -0.4 is 0 Å². The molecule has 0 atom stereocenters. The van der Waals surface area contributed by atoms with Crippen LogP contribution in [0.5, 0.6) is 5.75 Å². The van der Waals surface area contributed by atoms with E-state index in [9.17, 15) is 5.11 Å². The van der Waals surface area contributed by atoms with Gasteiger partial charge in [-0.1, -0.05) is 128 Å². The molecule has 2 aromatic heterocycles. The second-order valence-electron chi connectivity index (χ2n) is 13.7. The number of aliphatic imine (C=N–C) groups is 1. The minimum atomic E-state index is 0.237. The first-order valence-corrected chi connectivity index (χ1v) is 18.5. The Labute approximate surface area is 320 Å². The molecule has 55 heavy (non-hydrogen) atoms.